The van der Waals surface area contributed by atoms with Crippen LogP contribution in [0.2, 0.25) is 0 Å². The molecule has 1 fully saturated rings. The Kier molecular flexibility index (Phi) is 5.69. The molecule has 0 N–H and O–H groups in total. The van der Waals surface area contributed by atoms with Gasteiger partial charge in [-0.2, -0.15) is 0 Å². The molecule has 1 unspecified atom stereocenters. The van der Waals surface area contributed by atoms with Crippen LogP contribution in [-0.4, -0.2) is 41.9 Å². The van der Waals surface area contributed by atoms with Crippen molar-refractivity contribution < 1.29 is 14.1 Å². The summed E-state index contributed by atoms with van der Waals surface area (Å²) in [5.41, 5.74) is 1.67. The van der Waals surface area contributed by atoms with Crippen molar-refractivity contribution in [1.82, 2.24) is 4.90 Å². The Hall–Kier alpha value is -2.96. The zero-order chi connectivity index (χ0) is 19.4. The van der Waals surface area contributed by atoms with Gasteiger partial charge >= 0.3 is 0 Å². The van der Waals surface area contributed by atoms with Gasteiger partial charge in [0.15, 0.2) is 0 Å². The van der Waals surface area contributed by atoms with E-state index >= 15 is 0 Å². The van der Waals surface area contributed by atoms with Gasteiger partial charge in [0.1, 0.15) is 5.82 Å². The van der Waals surface area contributed by atoms with Crippen molar-refractivity contribution >= 4 is 17.3 Å². The molecule has 0 radical (unpaired) electrons. The van der Waals surface area contributed by atoms with Gasteiger partial charge in [-0.05, 0) is 30.2 Å². The van der Waals surface area contributed by atoms with Gasteiger partial charge in [-0.25, -0.2) is 4.39 Å². The lowest BCUT2D eigenvalue weighted by Gasteiger charge is -2.37. The number of hydrogen-bond donors (Lipinski definition) is 0. The van der Waals surface area contributed by atoms with E-state index in [-0.39, 0.29) is 23.3 Å². The minimum Gasteiger partial charge on any atom is -0.368 e. The third kappa shape index (κ3) is 4.61. The van der Waals surface area contributed by atoms with Crippen LogP contribution in [0.25, 0.3) is 0 Å². The molecule has 1 atom stereocenters. The number of benzene rings is 2. The number of carbonyl (C=O) groups is 1. The number of halogens is 1. The average molecular weight is 371 g/mol. The van der Waals surface area contributed by atoms with E-state index in [2.05, 4.69) is 0 Å². The largest absolute Gasteiger partial charge is 0.368 e. The first-order valence-corrected chi connectivity index (χ1v) is 8.96. The third-order valence-electron chi connectivity index (χ3n) is 4.85. The molecule has 7 heteroatoms. The monoisotopic (exact) mass is 371 g/mol. The maximum atomic E-state index is 13.3. The summed E-state index contributed by atoms with van der Waals surface area (Å²) < 4.78 is 13.3. The summed E-state index contributed by atoms with van der Waals surface area (Å²) in [6.45, 7) is 4.24. The molecule has 142 valence electrons. The second-order valence-electron chi connectivity index (χ2n) is 6.82. The molecule has 0 spiro atoms. The molecule has 1 heterocycles. The maximum Gasteiger partial charge on any atom is 0.271 e. The number of hydrogen-bond acceptors (Lipinski definition) is 4. The number of amides is 1. The zero-order valence-corrected chi connectivity index (χ0v) is 15.2. The van der Waals surface area contributed by atoms with Crippen LogP contribution in [0.5, 0.6) is 0 Å². The van der Waals surface area contributed by atoms with Gasteiger partial charge in [0.2, 0.25) is 5.91 Å². The summed E-state index contributed by atoms with van der Waals surface area (Å²) >= 11 is 0. The summed E-state index contributed by atoms with van der Waals surface area (Å²) in [6.07, 6.45) is 0.502. The molecular weight excluding hydrogens is 349 g/mol. The zero-order valence-electron chi connectivity index (χ0n) is 15.2. The van der Waals surface area contributed by atoms with Crippen molar-refractivity contribution in [3.8, 4) is 0 Å². The minimum absolute atomic E-state index is 0.0537. The molecule has 0 aliphatic carbocycles. The third-order valence-corrected chi connectivity index (χ3v) is 4.85. The molecule has 3 rings (SSSR count). The van der Waals surface area contributed by atoms with Gasteiger partial charge in [-0.15, -0.1) is 0 Å². The highest BCUT2D eigenvalue weighted by Gasteiger charge is 2.25. The quantitative estimate of drug-likeness (QED) is 0.598. The topological polar surface area (TPSA) is 66.7 Å². The number of rotatable bonds is 5. The Morgan fingerprint density at radius 1 is 1.15 bits per heavy atom. The van der Waals surface area contributed by atoms with Crippen molar-refractivity contribution in [2.24, 2.45) is 5.92 Å². The van der Waals surface area contributed by atoms with Crippen LogP contribution in [0.4, 0.5) is 15.8 Å². The van der Waals surface area contributed by atoms with Gasteiger partial charge < -0.3 is 9.80 Å². The molecule has 1 saturated heterocycles. The van der Waals surface area contributed by atoms with Crippen molar-refractivity contribution in [2.75, 3.05) is 31.1 Å². The molecule has 1 amide bonds. The first-order valence-electron chi connectivity index (χ1n) is 8.96. The molecule has 1 aliphatic rings. The predicted octanol–water partition coefficient (Wildman–Crippen LogP) is 3.26. The fourth-order valence-corrected chi connectivity index (χ4v) is 3.40. The van der Waals surface area contributed by atoms with Gasteiger partial charge in [0.05, 0.1) is 4.92 Å². The van der Waals surface area contributed by atoms with Crippen LogP contribution in [-0.2, 0) is 11.2 Å². The summed E-state index contributed by atoms with van der Waals surface area (Å²) in [5, 5.41) is 10.9. The van der Waals surface area contributed by atoms with Crippen molar-refractivity contribution in [2.45, 2.75) is 13.3 Å². The van der Waals surface area contributed by atoms with E-state index in [1.54, 1.807) is 18.2 Å². The van der Waals surface area contributed by atoms with E-state index in [4.69, 9.17) is 0 Å². The SMILES string of the molecule is CC(Cc1cccc(F)c1)C(=O)N1CCN(c2cccc([N+](=O)[O-])c2)CC1. The summed E-state index contributed by atoms with van der Waals surface area (Å²) in [4.78, 5) is 27.1. The maximum absolute atomic E-state index is 13.3. The summed E-state index contributed by atoms with van der Waals surface area (Å²) in [6, 6.07) is 12.9. The van der Waals surface area contributed by atoms with E-state index in [0.717, 1.165) is 11.3 Å². The second-order valence-corrected chi connectivity index (χ2v) is 6.82. The minimum atomic E-state index is -0.405. The number of anilines is 1. The number of piperazine rings is 1. The van der Waals surface area contributed by atoms with E-state index in [0.29, 0.717) is 32.6 Å². The Morgan fingerprint density at radius 2 is 1.85 bits per heavy atom. The number of nitro benzene ring substituents is 1. The lowest BCUT2D eigenvalue weighted by molar-refractivity contribution is -0.384. The van der Waals surface area contributed by atoms with Gasteiger partial charge in [0.25, 0.3) is 5.69 Å². The highest BCUT2D eigenvalue weighted by Crippen LogP contribution is 2.23. The highest BCUT2D eigenvalue weighted by molar-refractivity contribution is 5.79. The molecule has 27 heavy (non-hydrogen) atoms. The van der Waals surface area contributed by atoms with Crippen LogP contribution in [0.1, 0.15) is 12.5 Å². The molecule has 0 aromatic heterocycles. The second kappa shape index (κ2) is 8.16. The van der Waals surface area contributed by atoms with Crippen molar-refractivity contribution in [3.05, 3.63) is 70.0 Å². The molecule has 6 nitrogen and oxygen atoms in total. The van der Waals surface area contributed by atoms with Crippen LogP contribution in [0, 0.1) is 21.8 Å². The van der Waals surface area contributed by atoms with Crippen molar-refractivity contribution in [1.29, 1.82) is 0 Å². The van der Waals surface area contributed by atoms with Gasteiger partial charge in [0, 0.05) is 49.9 Å². The van der Waals surface area contributed by atoms with Crippen LogP contribution >= 0.6 is 0 Å². The van der Waals surface area contributed by atoms with Gasteiger partial charge in [-0.3, -0.25) is 14.9 Å². The first kappa shape index (κ1) is 18.8. The standard InChI is InChI=1S/C20H22FN3O3/c1-15(12-16-4-2-5-17(21)13-16)20(25)23-10-8-22(9-11-23)18-6-3-7-19(14-18)24(26)27/h2-7,13-15H,8-12H2,1H3. The summed E-state index contributed by atoms with van der Waals surface area (Å²) in [5.74, 6) is -0.466. The Labute approximate surface area is 157 Å². The van der Waals surface area contributed by atoms with E-state index in [1.165, 1.54) is 18.2 Å². The number of carbonyl (C=O) groups excluding carboxylic acids is 1. The van der Waals surface area contributed by atoms with Crippen LogP contribution in [0.3, 0.4) is 0 Å². The lowest BCUT2D eigenvalue weighted by atomic mass is 9.99. The Bertz CT molecular complexity index is 835. The van der Waals surface area contributed by atoms with E-state index in [1.807, 2.05) is 28.9 Å². The highest BCUT2D eigenvalue weighted by atomic mass is 19.1. The Morgan fingerprint density at radius 3 is 2.52 bits per heavy atom. The molecular formula is C20H22FN3O3. The summed E-state index contributed by atoms with van der Waals surface area (Å²) in [7, 11) is 0. The lowest BCUT2D eigenvalue weighted by Crippen LogP contribution is -2.50. The average Bonchev–Trinajstić information content (AvgIpc) is 2.67. The number of nitro groups is 1. The molecule has 2 aromatic rings. The fraction of sp³-hybridized carbons (Fsp3) is 0.350. The Balaban J connectivity index is 1.57. The number of nitrogens with zero attached hydrogens (tertiary/aromatic N) is 3. The van der Waals surface area contributed by atoms with Crippen LogP contribution in [0.15, 0.2) is 48.5 Å². The molecule has 2 aromatic carbocycles. The van der Waals surface area contributed by atoms with E-state index < -0.39 is 4.92 Å². The molecule has 0 saturated carbocycles. The van der Waals surface area contributed by atoms with Gasteiger partial charge in [-0.1, -0.05) is 25.1 Å². The normalized spacial score (nSPS) is 15.5. The molecule has 0 bridgehead atoms. The van der Waals surface area contributed by atoms with Crippen molar-refractivity contribution in [3.63, 3.8) is 0 Å². The molecule has 1 aliphatic heterocycles. The smallest absolute Gasteiger partial charge is 0.271 e. The predicted molar refractivity (Wildman–Crippen MR) is 101 cm³/mol. The fourth-order valence-electron chi connectivity index (χ4n) is 3.40. The number of non-ortho nitro benzene ring substituents is 1. The van der Waals surface area contributed by atoms with E-state index in [9.17, 15) is 19.3 Å². The van der Waals surface area contributed by atoms with Crippen LogP contribution < -0.4 is 4.90 Å². The first-order chi connectivity index (χ1) is 12.9.